The molecule has 17 heavy (non-hydrogen) atoms. The maximum absolute atomic E-state index is 8.35. The highest BCUT2D eigenvalue weighted by molar-refractivity contribution is 5.70. The van der Waals surface area contributed by atoms with Crippen LogP contribution in [-0.2, 0) is 4.79 Å². The van der Waals surface area contributed by atoms with Gasteiger partial charge >= 0.3 is 0 Å². The molecular formula is C15H15NO. The number of benzene rings is 2. The quantitative estimate of drug-likeness (QED) is 0.581. The predicted molar refractivity (Wildman–Crippen MR) is 69.8 cm³/mol. The van der Waals surface area contributed by atoms with Crippen LogP contribution in [0.4, 0.5) is 0 Å². The molecule has 0 aromatic heterocycles. The van der Waals surface area contributed by atoms with E-state index in [2.05, 4.69) is 62.4 Å². The van der Waals surface area contributed by atoms with Gasteiger partial charge in [0.15, 0.2) is 0 Å². The van der Waals surface area contributed by atoms with E-state index in [0.717, 1.165) is 6.08 Å². The van der Waals surface area contributed by atoms with Gasteiger partial charge in [-0.1, -0.05) is 48.5 Å². The number of hydrogen-bond donors (Lipinski definition) is 1. The molecule has 86 valence electrons. The van der Waals surface area contributed by atoms with Crippen molar-refractivity contribution in [1.29, 1.82) is 5.41 Å². The lowest BCUT2D eigenvalue weighted by Gasteiger charge is -2.08. The molecule has 0 radical (unpaired) electrons. The van der Waals surface area contributed by atoms with Crippen LogP contribution in [-0.4, -0.2) is 6.08 Å². The summed E-state index contributed by atoms with van der Waals surface area (Å²) in [6, 6.07) is 17.0. The van der Waals surface area contributed by atoms with Crippen LogP contribution in [0, 0.1) is 19.3 Å². The van der Waals surface area contributed by atoms with Crippen molar-refractivity contribution in [3.63, 3.8) is 0 Å². The maximum atomic E-state index is 8.35. The first kappa shape index (κ1) is 12.9. The number of hydrogen-bond acceptors (Lipinski definition) is 2. The average molecular weight is 225 g/mol. The van der Waals surface area contributed by atoms with E-state index in [1.807, 2.05) is 0 Å². The average Bonchev–Trinajstić information content (AvgIpc) is 2.32. The molecule has 2 rings (SSSR count). The third kappa shape index (κ3) is 3.40. The topological polar surface area (TPSA) is 40.9 Å². The first-order valence-electron chi connectivity index (χ1n) is 5.36. The standard InChI is InChI=1S/C14H14.CHNO/c1-11-7-3-5-9-13(11)14-10-6-4-8-12(14)2;2-1-3/h3-10H,1-2H3;2H. The van der Waals surface area contributed by atoms with E-state index in [9.17, 15) is 0 Å². The zero-order chi connectivity index (χ0) is 12.7. The van der Waals surface area contributed by atoms with Crippen LogP contribution >= 0.6 is 0 Å². The molecule has 0 saturated heterocycles. The monoisotopic (exact) mass is 225 g/mol. The number of carbonyl (C=O) groups excluding carboxylic acids is 1. The van der Waals surface area contributed by atoms with E-state index in [0.29, 0.717) is 0 Å². The highest BCUT2D eigenvalue weighted by Crippen LogP contribution is 2.25. The highest BCUT2D eigenvalue weighted by Gasteiger charge is 2.02. The first-order valence-corrected chi connectivity index (χ1v) is 5.36. The summed E-state index contributed by atoms with van der Waals surface area (Å²) >= 11 is 0. The van der Waals surface area contributed by atoms with Gasteiger partial charge in [0, 0.05) is 0 Å². The van der Waals surface area contributed by atoms with Crippen molar-refractivity contribution >= 4 is 6.08 Å². The molecule has 0 aliphatic heterocycles. The molecule has 0 unspecified atom stereocenters. The molecule has 0 spiro atoms. The highest BCUT2D eigenvalue weighted by atomic mass is 16.1. The summed E-state index contributed by atoms with van der Waals surface area (Å²) in [5.74, 6) is 0. The fourth-order valence-corrected chi connectivity index (χ4v) is 1.75. The predicted octanol–water partition coefficient (Wildman–Crippen LogP) is 3.87. The Bertz CT molecular complexity index is 482. The van der Waals surface area contributed by atoms with Crippen LogP contribution in [0.5, 0.6) is 0 Å². The SMILES string of the molecule is Cc1ccccc1-c1ccccc1C.N=C=O. The summed E-state index contributed by atoms with van der Waals surface area (Å²) in [6.45, 7) is 4.31. The second kappa shape index (κ2) is 6.41. The zero-order valence-electron chi connectivity index (χ0n) is 10.0. The molecule has 0 heterocycles. The Morgan fingerprint density at radius 3 is 1.41 bits per heavy atom. The van der Waals surface area contributed by atoms with Crippen molar-refractivity contribution in [3.8, 4) is 11.1 Å². The maximum Gasteiger partial charge on any atom is 0.231 e. The normalized spacial score (nSPS) is 8.82. The van der Waals surface area contributed by atoms with Gasteiger partial charge < -0.3 is 0 Å². The Morgan fingerprint density at radius 1 is 0.824 bits per heavy atom. The lowest BCUT2D eigenvalue weighted by molar-refractivity contribution is 0.563. The van der Waals surface area contributed by atoms with Crippen LogP contribution < -0.4 is 0 Å². The lowest BCUT2D eigenvalue weighted by Crippen LogP contribution is -1.85. The van der Waals surface area contributed by atoms with Gasteiger partial charge in [0.05, 0.1) is 0 Å². The van der Waals surface area contributed by atoms with Gasteiger partial charge in [-0.25, -0.2) is 10.2 Å². The van der Waals surface area contributed by atoms with Crippen molar-refractivity contribution in [2.45, 2.75) is 13.8 Å². The molecule has 0 fully saturated rings. The minimum Gasteiger partial charge on any atom is -0.222 e. The Balaban J connectivity index is 0.000000437. The third-order valence-corrected chi connectivity index (χ3v) is 2.58. The van der Waals surface area contributed by atoms with Gasteiger partial charge in [-0.3, -0.25) is 0 Å². The number of isocyanates is 1. The van der Waals surface area contributed by atoms with E-state index in [1.165, 1.54) is 22.3 Å². The molecular weight excluding hydrogens is 210 g/mol. The zero-order valence-corrected chi connectivity index (χ0v) is 10.0. The second-order valence-electron chi connectivity index (χ2n) is 3.73. The molecule has 2 aromatic rings. The van der Waals surface area contributed by atoms with Crippen molar-refractivity contribution < 1.29 is 4.79 Å². The molecule has 0 aliphatic carbocycles. The Hall–Kier alpha value is -2.18. The summed E-state index contributed by atoms with van der Waals surface area (Å²) in [5.41, 5.74) is 5.35. The summed E-state index contributed by atoms with van der Waals surface area (Å²) in [6.07, 6.45) is 0.750. The van der Waals surface area contributed by atoms with Crippen molar-refractivity contribution in [2.75, 3.05) is 0 Å². The smallest absolute Gasteiger partial charge is 0.222 e. The van der Waals surface area contributed by atoms with E-state index in [4.69, 9.17) is 10.2 Å². The second-order valence-corrected chi connectivity index (χ2v) is 3.73. The van der Waals surface area contributed by atoms with Crippen LogP contribution in [0.3, 0.4) is 0 Å². The van der Waals surface area contributed by atoms with Crippen LogP contribution in [0.2, 0.25) is 0 Å². The van der Waals surface area contributed by atoms with Crippen LogP contribution in [0.25, 0.3) is 11.1 Å². The van der Waals surface area contributed by atoms with Gasteiger partial charge in [0.1, 0.15) is 0 Å². The van der Waals surface area contributed by atoms with Gasteiger partial charge in [-0.2, -0.15) is 0 Å². The third-order valence-electron chi connectivity index (χ3n) is 2.58. The van der Waals surface area contributed by atoms with Crippen molar-refractivity contribution in [2.24, 2.45) is 0 Å². The van der Waals surface area contributed by atoms with Gasteiger partial charge in [0.25, 0.3) is 0 Å². The van der Waals surface area contributed by atoms with Crippen molar-refractivity contribution in [1.82, 2.24) is 0 Å². The molecule has 2 heteroatoms. The first-order chi connectivity index (χ1) is 8.20. The van der Waals surface area contributed by atoms with E-state index < -0.39 is 0 Å². The summed E-state index contributed by atoms with van der Waals surface area (Å²) in [4.78, 5) is 8.35. The fourth-order valence-electron chi connectivity index (χ4n) is 1.75. The number of nitrogens with one attached hydrogen (secondary N) is 1. The largest absolute Gasteiger partial charge is 0.231 e. The van der Waals surface area contributed by atoms with Gasteiger partial charge in [0.2, 0.25) is 6.08 Å². The summed E-state index contributed by atoms with van der Waals surface area (Å²) in [5, 5.41) is 5.40. The van der Waals surface area contributed by atoms with Gasteiger partial charge in [-0.15, -0.1) is 0 Å². The molecule has 0 aliphatic rings. The summed E-state index contributed by atoms with van der Waals surface area (Å²) < 4.78 is 0. The van der Waals surface area contributed by atoms with E-state index >= 15 is 0 Å². The van der Waals surface area contributed by atoms with E-state index in [1.54, 1.807) is 0 Å². The molecule has 1 N–H and O–H groups in total. The molecule has 2 nitrogen and oxygen atoms in total. The molecule has 2 aromatic carbocycles. The Kier molecular flexibility index (Phi) is 4.86. The van der Waals surface area contributed by atoms with Gasteiger partial charge in [-0.05, 0) is 36.1 Å². The minimum absolute atomic E-state index is 0.750. The molecule has 0 saturated carbocycles. The van der Waals surface area contributed by atoms with Crippen molar-refractivity contribution in [3.05, 3.63) is 59.7 Å². The fraction of sp³-hybridized carbons (Fsp3) is 0.133. The van der Waals surface area contributed by atoms with E-state index in [-0.39, 0.29) is 0 Å². The number of rotatable bonds is 1. The Labute approximate surface area is 101 Å². The Morgan fingerprint density at radius 2 is 1.12 bits per heavy atom. The summed E-state index contributed by atoms with van der Waals surface area (Å²) in [7, 11) is 0. The van der Waals surface area contributed by atoms with Crippen LogP contribution in [0.15, 0.2) is 48.5 Å². The lowest BCUT2D eigenvalue weighted by atomic mass is 9.97. The molecule has 0 amide bonds. The number of aryl methyl sites for hydroxylation is 2. The molecule has 0 atom stereocenters. The van der Waals surface area contributed by atoms with Crippen LogP contribution in [0.1, 0.15) is 11.1 Å². The molecule has 0 bridgehead atoms. The minimum atomic E-state index is 0.750.